The van der Waals surface area contributed by atoms with Crippen molar-refractivity contribution in [2.75, 3.05) is 11.6 Å². The van der Waals surface area contributed by atoms with Gasteiger partial charge >= 0.3 is 0 Å². The molecule has 0 aromatic carbocycles. The first-order chi connectivity index (χ1) is 5.74. The van der Waals surface area contributed by atoms with Crippen LogP contribution in [0.15, 0.2) is 5.51 Å². The summed E-state index contributed by atoms with van der Waals surface area (Å²) in [6.07, 6.45) is 1.89. The lowest BCUT2D eigenvalue weighted by Gasteiger charge is -2.05. The molecule has 0 radical (unpaired) electrons. The molecule has 1 aromatic rings. The van der Waals surface area contributed by atoms with Gasteiger partial charge in [0.05, 0.1) is 5.25 Å². The van der Waals surface area contributed by atoms with Crippen LogP contribution in [0.25, 0.3) is 0 Å². The maximum Gasteiger partial charge on any atom is 0.239 e. The highest BCUT2D eigenvalue weighted by Gasteiger charge is 2.11. The van der Waals surface area contributed by atoms with Crippen LogP contribution in [0.4, 0.5) is 5.13 Å². The van der Waals surface area contributed by atoms with Crippen molar-refractivity contribution in [3.8, 4) is 0 Å². The Morgan fingerprint density at radius 1 is 1.83 bits per heavy atom. The third-order valence-electron chi connectivity index (χ3n) is 1.31. The molecule has 1 N–H and O–H groups in total. The Bertz CT molecular complexity index is 249. The summed E-state index contributed by atoms with van der Waals surface area (Å²) in [5, 5.41) is 10.5. The minimum absolute atomic E-state index is 0.0285. The van der Waals surface area contributed by atoms with Gasteiger partial charge in [0.25, 0.3) is 0 Å². The van der Waals surface area contributed by atoms with Gasteiger partial charge in [-0.25, -0.2) is 0 Å². The number of rotatable bonds is 3. The van der Waals surface area contributed by atoms with Crippen LogP contribution in [0.5, 0.6) is 0 Å². The van der Waals surface area contributed by atoms with Gasteiger partial charge in [-0.15, -0.1) is 10.2 Å². The van der Waals surface area contributed by atoms with Crippen molar-refractivity contribution in [2.45, 2.75) is 12.2 Å². The zero-order valence-electron chi connectivity index (χ0n) is 6.77. The molecule has 0 saturated heterocycles. The molecule has 0 aliphatic carbocycles. The van der Waals surface area contributed by atoms with E-state index in [1.54, 1.807) is 5.51 Å². The van der Waals surface area contributed by atoms with E-state index in [9.17, 15) is 4.79 Å². The van der Waals surface area contributed by atoms with E-state index >= 15 is 0 Å². The van der Waals surface area contributed by atoms with Crippen LogP contribution in [0.2, 0.25) is 0 Å². The normalized spacial score (nSPS) is 12.5. The molecule has 0 fully saturated rings. The highest BCUT2D eigenvalue weighted by Crippen LogP contribution is 2.11. The lowest BCUT2D eigenvalue weighted by atomic mass is 10.4. The van der Waals surface area contributed by atoms with Gasteiger partial charge in [0.1, 0.15) is 5.51 Å². The number of anilines is 1. The molecule has 4 nitrogen and oxygen atoms in total. The van der Waals surface area contributed by atoms with E-state index in [4.69, 9.17) is 0 Å². The summed E-state index contributed by atoms with van der Waals surface area (Å²) in [6.45, 7) is 1.85. The highest BCUT2D eigenvalue weighted by atomic mass is 32.2. The van der Waals surface area contributed by atoms with E-state index in [2.05, 4.69) is 15.5 Å². The molecule has 0 aliphatic rings. The zero-order valence-corrected chi connectivity index (χ0v) is 8.41. The van der Waals surface area contributed by atoms with Crippen molar-refractivity contribution >= 4 is 34.1 Å². The van der Waals surface area contributed by atoms with E-state index in [-0.39, 0.29) is 11.2 Å². The number of carbonyl (C=O) groups is 1. The molecule has 66 valence electrons. The van der Waals surface area contributed by atoms with E-state index in [0.29, 0.717) is 5.13 Å². The average molecular weight is 203 g/mol. The minimum Gasteiger partial charge on any atom is -0.300 e. The van der Waals surface area contributed by atoms with Crippen LogP contribution in [0.3, 0.4) is 0 Å². The summed E-state index contributed by atoms with van der Waals surface area (Å²) in [7, 11) is 0. The Morgan fingerprint density at radius 2 is 2.58 bits per heavy atom. The Balaban J connectivity index is 2.47. The van der Waals surface area contributed by atoms with Crippen LogP contribution >= 0.6 is 23.1 Å². The van der Waals surface area contributed by atoms with Gasteiger partial charge in [-0.05, 0) is 13.2 Å². The summed E-state index contributed by atoms with van der Waals surface area (Å²) in [6, 6.07) is 0. The standard InChI is InChI=1S/C6H9N3OS2/c1-4(11-2)5(10)8-6-9-7-3-12-6/h3-4H,1-2H3,(H,8,9,10). The molecule has 1 unspecified atom stereocenters. The van der Waals surface area contributed by atoms with Crippen LogP contribution in [0, 0.1) is 0 Å². The Morgan fingerprint density at radius 3 is 3.08 bits per heavy atom. The third-order valence-corrected chi connectivity index (χ3v) is 2.84. The summed E-state index contributed by atoms with van der Waals surface area (Å²) in [5.74, 6) is -0.0285. The van der Waals surface area contributed by atoms with Gasteiger partial charge in [-0.1, -0.05) is 11.3 Å². The van der Waals surface area contributed by atoms with Gasteiger partial charge < -0.3 is 0 Å². The zero-order chi connectivity index (χ0) is 8.97. The van der Waals surface area contributed by atoms with Crippen LogP contribution < -0.4 is 5.32 Å². The Hall–Kier alpha value is -0.620. The lowest BCUT2D eigenvalue weighted by molar-refractivity contribution is -0.115. The third kappa shape index (κ3) is 2.46. The smallest absolute Gasteiger partial charge is 0.239 e. The summed E-state index contributed by atoms with van der Waals surface area (Å²) in [5.41, 5.74) is 1.58. The molecule has 1 heterocycles. The Kier molecular flexibility index (Phi) is 3.48. The second-order valence-electron chi connectivity index (χ2n) is 2.11. The first-order valence-electron chi connectivity index (χ1n) is 3.34. The largest absolute Gasteiger partial charge is 0.300 e. The lowest BCUT2D eigenvalue weighted by Crippen LogP contribution is -2.21. The van der Waals surface area contributed by atoms with E-state index in [1.165, 1.54) is 23.1 Å². The van der Waals surface area contributed by atoms with Crippen molar-refractivity contribution in [1.82, 2.24) is 10.2 Å². The van der Waals surface area contributed by atoms with Crippen molar-refractivity contribution < 1.29 is 4.79 Å². The predicted molar refractivity (Wildman–Crippen MR) is 51.5 cm³/mol. The number of thioether (sulfide) groups is 1. The maximum atomic E-state index is 11.2. The second-order valence-corrected chi connectivity index (χ2v) is 4.12. The van der Waals surface area contributed by atoms with Gasteiger partial charge in [0.15, 0.2) is 0 Å². The molecule has 0 saturated carbocycles. The number of hydrogen-bond donors (Lipinski definition) is 1. The maximum absolute atomic E-state index is 11.2. The van der Waals surface area contributed by atoms with Gasteiger partial charge in [-0.3, -0.25) is 10.1 Å². The van der Waals surface area contributed by atoms with Crippen LogP contribution in [-0.4, -0.2) is 27.6 Å². The first-order valence-corrected chi connectivity index (χ1v) is 5.50. The molecule has 1 rings (SSSR count). The fraction of sp³-hybridized carbons (Fsp3) is 0.500. The molecule has 0 spiro atoms. The fourth-order valence-corrected chi connectivity index (χ4v) is 1.26. The first kappa shape index (κ1) is 9.47. The molecular formula is C6H9N3OS2. The van der Waals surface area contributed by atoms with Crippen molar-refractivity contribution in [3.63, 3.8) is 0 Å². The topological polar surface area (TPSA) is 54.9 Å². The second kappa shape index (κ2) is 4.42. The van der Waals surface area contributed by atoms with Crippen molar-refractivity contribution in [1.29, 1.82) is 0 Å². The van der Waals surface area contributed by atoms with Crippen LogP contribution in [-0.2, 0) is 4.79 Å². The summed E-state index contributed by atoms with van der Waals surface area (Å²) >= 11 is 2.81. The molecule has 1 amide bonds. The molecule has 1 aromatic heterocycles. The quantitative estimate of drug-likeness (QED) is 0.802. The number of aromatic nitrogens is 2. The molecule has 1 atom stereocenters. The number of amides is 1. The summed E-state index contributed by atoms with van der Waals surface area (Å²) < 4.78 is 0. The molecule has 12 heavy (non-hydrogen) atoms. The highest BCUT2D eigenvalue weighted by molar-refractivity contribution is 7.99. The van der Waals surface area contributed by atoms with E-state index in [1.807, 2.05) is 13.2 Å². The number of nitrogens with one attached hydrogen (secondary N) is 1. The molecule has 6 heteroatoms. The predicted octanol–water partition coefficient (Wildman–Crippen LogP) is 1.23. The van der Waals surface area contributed by atoms with Gasteiger partial charge in [0.2, 0.25) is 11.0 Å². The Labute approximate surface area is 78.8 Å². The molecule has 0 bridgehead atoms. The monoisotopic (exact) mass is 203 g/mol. The van der Waals surface area contributed by atoms with E-state index in [0.717, 1.165) is 0 Å². The fourth-order valence-electron chi connectivity index (χ4n) is 0.542. The minimum atomic E-state index is -0.0473. The van der Waals surface area contributed by atoms with Gasteiger partial charge in [-0.2, -0.15) is 11.8 Å². The van der Waals surface area contributed by atoms with E-state index < -0.39 is 0 Å². The van der Waals surface area contributed by atoms with Crippen LogP contribution in [0.1, 0.15) is 6.92 Å². The SMILES string of the molecule is CSC(C)C(=O)Nc1nncs1. The number of nitrogens with zero attached hydrogens (tertiary/aromatic N) is 2. The van der Waals surface area contributed by atoms with Crippen molar-refractivity contribution in [3.05, 3.63) is 5.51 Å². The van der Waals surface area contributed by atoms with Crippen molar-refractivity contribution in [2.24, 2.45) is 0 Å². The molecular weight excluding hydrogens is 194 g/mol. The number of hydrogen-bond acceptors (Lipinski definition) is 5. The molecule has 0 aliphatic heterocycles. The average Bonchev–Trinajstić information content (AvgIpc) is 2.55. The number of carbonyl (C=O) groups excluding carboxylic acids is 1. The van der Waals surface area contributed by atoms with Gasteiger partial charge in [0, 0.05) is 0 Å². The summed E-state index contributed by atoms with van der Waals surface area (Å²) in [4.78, 5) is 11.2.